The predicted octanol–water partition coefficient (Wildman–Crippen LogP) is 23.1. The van der Waals surface area contributed by atoms with Gasteiger partial charge < -0.3 is 44.7 Å². The number of aryl methyl sites for hydroxylation is 1. The first-order chi connectivity index (χ1) is 61.3. The summed E-state index contributed by atoms with van der Waals surface area (Å²) in [7, 11) is 17.7. The number of thioether (sulfide) groups is 1. The maximum atomic E-state index is 14.0. The van der Waals surface area contributed by atoms with Crippen molar-refractivity contribution in [2.45, 2.75) is 32.6 Å². The molecule has 127 heavy (non-hydrogen) atoms. The first-order valence-corrected chi connectivity index (χ1v) is 43.0. The van der Waals surface area contributed by atoms with Crippen LogP contribution in [0, 0.1) is 18.6 Å². The second-order valence-corrected chi connectivity index (χ2v) is 31.8. The highest BCUT2D eigenvalue weighted by atomic mass is 35.5. The third-order valence-electron chi connectivity index (χ3n) is 20.6. The zero-order valence-corrected chi connectivity index (χ0v) is 75.2. The lowest BCUT2D eigenvalue weighted by Gasteiger charge is -2.19. The van der Waals surface area contributed by atoms with Gasteiger partial charge in [-0.3, -0.25) is 0 Å². The molecule has 642 valence electrons. The molecule has 0 amide bonds. The molecule has 18 rings (SSSR count). The molecule has 0 atom stereocenters. The molecule has 0 radical (unpaired) electrons. The molecule has 0 saturated heterocycles. The summed E-state index contributed by atoms with van der Waals surface area (Å²) in [5.41, 5.74) is 9.98. The van der Waals surface area contributed by atoms with Crippen molar-refractivity contribution in [1.82, 2.24) is 59.8 Å². The number of aromatic hydroxyl groups is 3. The molecule has 6 aromatic heterocycles. The normalized spacial score (nSPS) is 10.8. The molecule has 6 heterocycles. The fourth-order valence-corrected chi connectivity index (χ4v) is 14.7. The van der Waals surface area contributed by atoms with Gasteiger partial charge in [0.1, 0.15) is 63.8 Å². The van der Waals surface area contributed by atoms with E-state index in [4.69, 9.17) is 33.2 Å². The van der Waals surface area contributed by atoms with Crippen molar-refractivity contribution < 1.29 is 24.1 Å². The van der Waals surface area contributed by atoms with Gasteiger partial charge in [-0.25, -0.2) is 68.6 Å². The van der Waals surface area contributed by atoms with Crippen LogP contribution < -0.4 is 29.4 Å². The van der Waals surface area contributed by atoms with Crippen LogP contribution in [0.1, 0.15) is 26.3 Å². The van der Waals surface area contributed by atoms with Gasteiger partial charge in [0, 0.05) is 136 Å². The molecule has 0 aliphatic carbocycles. The van der Waals surface area contributed by atoms with E-state index in [1.807, 2.05) is 247 Å². The number of halogens is 4. The van der Waals surface area contributed by atoms with Crippen LogP contribution >= 0.6 is 35.0 Å². The highest BCUT2D eigenvalue weighted by Gasteiger charge is 2.22. The lowest BCUT2D eigenvalue weighted by Crippen LogP contribution is -2.18. The summed E-state index contributed by atoms with van der Waals surface area (Å²) in [5.74, 6) is 8.06. The second-order valence-electron chi connectivity index (χ2n) is 30.1. The second kappa shape index (κ2) is 41.4. The fraction of sp³-hybridized carbons (Fsp3) is 0.168. The van der Waals surface area contributed by atoms with Crippen LogP contribution in [0.4, 0.5) is 43.7 Å². The molecule has 18 aromatic rings. The molecule has 0 aliphatic heterocycles. The number of fused-ring (bicyclic) bond motifs is 6. The minimum absolute atomic E-state index is 0.156. The van der Waals surface area contributed by atoms with E-state index < -0.39 is 0 Å². The number of rotatable bonds is 16. The number of phenolic OH excluding ortho intramolecular Hbond substituents is 3. The van der Waals surface area contributed by atoms with Crippen molar-refractivity contribution in [2.24, 2.45) is 0 Å². The van der Waals surface area contributed by atoms with Gasteiger partial charge in [-0.15, -0.1) is 11.8 Å². The summed E-state index contributed by atoms with van der Waals surface area (Å²) in [6.45, 7) is 10.6. The van der Waals surface area contributed by atoms with Crippen molar-refractivity contribution in [2.75, 3.05) is 119 Å². The standard InChI is InChI=1S/C17H15ClFN3.C17H16FN3.2C17H17N3O.C17H17N3S.C16H14ClN3O/c1-3-22(2)17-13-10-11(18)8-9-15(13)20-16(21-17)12-6-4-5-7-14(12)19;1-3-21(2)17-13-9-5-7-11-15(13)19-16(20-17)12-8-4-6-10-14(12)18;1-11-8-9-12-14(10-11)18-16(19-17(12)20(2)3)13-6-4-5-7-15(13)21;1-3-20(2)17-12-8-4-6-10-14(12)18-16(19-17)13-9-5-7-11-15(13)21;1-20(2)17-12-8-4-6-10-14(12)18-16(19-17)13-9-5-7-11-15(13)21-3;1-20(2)16-11-8-7-10(17)9-13(11)18-15(19-16)12-5-3-4-6-14(12)21/h4-10H,3H2,1-2H3;4-11H,3H2,1-2H3;4-10,21H,1-3H3;4-11,21H,3H2,1-2H3;4-11H,1-3H3;3-9,21H,1-2H3. The quantitative estimate of drug-likeness (QED) is 0.0763. The number of hydrogen-bond donors (Lipinski definition) is 3. The lowest BCUT2D eigenvalue weighted by atomic mass is 10.1. The molecule has 26 heteroatoms. The van der Waals surface area contributed by atoms with E-state index in [9.17, 15) is 24.1 Å². The zero-order chi connectivity index (χ0) is 90.1. The van der Waals surface area contributed by atoms with E-state index in [1.165, 1.54) is 17.0 Å². The highest BCUT2D eigenvalue weighted by Crippen LogP contribution is 2.39. The first-order valence-electron chi connectivity index (χ1n) is 41.0. The largest absolute Gasteiger partial charge is 0.507 e. The number of para-hydroxylation sites is 6. The Kier molecular flexibility index (Phi) is 29.5. The molecular weight excluding hydrogens is 1650 g/mol. The SMILES string of the molecule is CCN(C)c1nc(-c2ccccc2F)nc2ccc(Cl)cc12.CCN(C)c1nc(-c2ccccc2F)nc2ccccc12.CCN(C)c1nc(-c2ccccc2O)nc2ccccc12.CN(C)c1nc(-c2ccccc2O)nc2cc(Cl)ccc12.CSc1ccccc1-c1nc(N(C)C)c2ccccc2n1.Cc1ccc2c(N(C)C)nc(-c3ccccc3O)nc2c1. The Hall–Kier alpha value is -14.3. The Labute approximate surface area is 751 Å². The molecule has 12 aromatic carbocycles. The minimum atomic E-state index is -0.332. The molecular formula is C101H96Cl2F2N18O3S. The maximum Gasteiger partial charge on any atom is 0.165 e. The van der Waals surface area contributed by atoms with Gasteiger partial charge >= 0.3 is 0 Å². The number of hydrogen-bond acceptors (Lipinski definition) is 22. The number of aromatic nitrogens is 12. The summed E-state index contributed by atoms with van der Waals surface area (Å²) in [4.78, 5) is 68.4. The Morgan fingerprint density at radius 3 is 0.937 bits per heavy atom. The van der Waals surface area contributed by atoms with Crippen LogP contribution in [0.2, 0.25) is 10.0 Å². The molecule has 21 nitrogen and oxygen atoms in total. The summed E-state index contributed by atoms with van der Waals surface area (Å²) >= 11 is 13.9. The molecule has 0 fully saturated rings. The third-order valence-corrected chi connectivity index (χ3v) is 21.9. The van der Waals surface area contributed by atoms with Crippen molar-refractivity contribution in [3.05, 3.63) is 300 Å². The van der Waals surface area contributed by atoms with Crippen LogP contribution in [0.25, 0.3) is 134 Å². The zero-order valence-electron chi connectivity index (χ0n) is 72.9. The average Bonchev–Trinajstić information content (AvgIpc) is 0.796. The van der Waals surface area contributed by atoms with E-state index in [0.717, 1.165) is 137 Å². The maximum absolute atomic E-state index is 14.0. The van der Waals surface area contributed by atoms with Gasteiger partial charge in [-0.2, -0.15) is 0 Å². The van der Waals surface area contributed by atoms with Crippen LogP contribution in [-0.2, 0) is 0 Å². The van der Waals surface area contributed by atoms with Gasteiger partial charge in [0.05, 0.1) is 60.9 Å². The van der Waals surface area contributed by atoms with Crippen molar-refractivity contribution in [3.63, 3.8) is 0 Å². The number of nitrogens with zero attached hydrogens (tertiary/aromatic N) is 18. The Bertz CT molecular complexity index is 6680. The Morgan fingerprint density at radius 1 is 0.276 bits per heavy atom. The van der Waals surface area contributed by atoms with Crippen molar-refractivity contribution in [1.29, 1.82) is 0 Å². The molecule has 0 saturated carbocycles. The Morgan fingerprint density at radius 2 is 0.551 bits per heavy atom. The lowest BCUT2D eigenvalue weighted by molar-refractivity contribution is 0.476. The van der Waals surface area contributed by atoms with E-state index in [-0.39, 0.29) is 28.9 Å². The summed E-state index contributed by atoms with van der Waals surface area (Å²) < 4.78 is 28.0. The van der Waals surface area contributed by atoms with Gasteiger partial charge in [-0.05, 0) is 191 Å². The topological polar surface area (TPSA) is 235 Å². The highest BCUT2D eigenvalue weighted by molar-refractivity contribution is 7.98. The average molecular weight is 1750 g/mol. The van der Waals surface area contributed by atoms with Crippen LogP contribution in [0.5, 0.6) is 17.2 Å². The smallest absolute Gasteiger partial charge is 0.165 e. The number of phenols is 3. The first kappa shape index (κ1) is 90.4. The molecule has 0 spiro atoms. The molecule has 0 aliphatic rings. The Balaban J connectivity index is 0.000000130. The van der Waals surface area contributed by atoms with E-state index in [2.05, 4.69) is 99.1 Å². The van der Waals surface area contributed by atoms with Gasteiger partial charge in [0.25, 0.3) is 0 Å². The summed E-state index contributed by atoms with van der Waals surface area (Å²) in [6, 6.07) is 83.6. The van der Waals surface area contributed by atoms with E-state index >= 15 is 0 Å². The predicted molar refractivity (Wildman–Crippen MR) is 521 cm³/mol. The van der Waals surface area contributed by atoms with Gasteiger partial charge in [-0.1, -0.05) is 145 Å². The van der Waals surface area contributed by atoms with Crippen LogP contribution in [0.3, 0.4) is 0 Å². The summed E-state index contributed by atoms with van der Waals surface area (Å²) in [5, 5.41) is 37.1. The number of anilines is 6. The number of benzene rings is 12. The van der Waals surface area contributed by atoms with E-state index in [1.54, 1.807) is 103 Å². The monoisotopic (exact) mass is 1750 g/mol. The molecule has 0 unspecified atom stereocenters. The summed E-state index contributed by atoms with van der Waals surface area (Å²) in [6.07, 6.45) is 2.08. The fourth-order valence-electron chi connectivity index (χ4n) is 13.7. The van der Waals surface area contributed by atoms with Gasteiger partial charge in [0.15, 0.2) is 34.9 Å². The molecule has 3 N–H and O–H groups in total. The van der Waals surface area contributed by atoms with Crippen LogP contribution in [0.15, 0.2) is 278 Å². The molecule has 0 bridgehead atoms. The van der Waals surface area contributed by atoms with Crippen LogP contribution in [-0.4, -0.2) is 164 Å². The van der Waals surface area contributed by atoms with E-state index in [0.29, 0.717) is 67.0 Å². The van der Waals surface area contributed by atoms with Crippen molar-refractivity contribution >= 4 is 135 Å². The minimum Gasteiger partial charge on any atom is -0.507 e. The van der Waals surface area contributed by atoms with Gasteiger partial charge in [0.2, 0.25) is 0 Å². The third kappa shape index (κ3) is 21.2. The van der Waals surface area contributed by atoms with Crippen molar-refractivity contribution in [3.8, 4) is 85.6 Å².